The van der Waals surface area contributed by atoms with Crippen molar-refractivity contribution < 1.29 is 28.8 Å². The van der Waals surface area contributed by atoms with Gasteiger partial charge in [0.05, 0.1) is 6.04 Å². The summed E-state index contributed by atoms with van der Waals surface area (Å²) in [4.78, 5) is 76.7. The van der Waals surface area contributed by atoms with Crippen molar-refractivity contribution in [1.82, 2.24) is 35.8 Å². The zero-order valence-electron chi connectivity index (χ0n) is 35.4. The minimum Gasteiger partial charge on any atom is -0.355 e. The standard InChI is InChI=1S/C30H52N6O6S.C4H9N.C4H10.C2H6/c1-6-11-22(24(39)19-37)32-27(40)23-14-10-16-36(23)28(41)26(21-12-8-7-9-13-21)34-29(42)33-25(30(3,4)5)18-35(43)17-15-31-20(2)38;1-3-4-5-2;1-3-4-2;1-2/h19,21-23,25-26,43H,6-18H2,1-5H3,(H,31,38)(H,32,40)(H2,33,34,42);3,5H,1,4H2,2H3;3-4H2,1-2H3;1-2H3. The molecule has 0 aromatic rings. The summed E-state index contributed by atoms with van der Waals surface area (Å²) >= 11 is 4.53. The number of likely N-dealkylation sites (N-methyl/N-ethyl adjacent to an activating group) is 1. The molecular weight excluding hydrogens is 707 g/mol. The number of aldehydes is 1. The second-order valence-electron chi connectivity index (χ2n) is 14.7. The lowest BCUT2D eigenvalue weighted by Crippen LogP contribution is -2.60. The molecule has 314 valence electrons. The van der Waals surface area contributed by atoms with E-state index >= 15 is 0 Å². The number of nitrogens with one attached hydrogen (secondary N) is 5. The number of carbonyl (C=O) groups is 6. The number of nitrogens with zero attached hydrogens (tertiary/aromatic N) is 2. The molecule has 14 heteroatoms. The van der Waals surface area contributed by atoms with E-state index in [1.165, 1.54) is 24.7 Å². The first-order valence-corrected chi connectivity index (χ1v) is 20.6. The van der Waals surface area contributed by atoms with Crippen LogP contribution in [-0.4, -0.2) is 109 Å². The number of hydrogen-bond donors (Lipinski definition) is 6. The largest absolute Gasteiger partial charge is 0.355 e. The van der Waals surface area contributed by atoms with Gasteiger partial charge in [-0.25, -0.2) is 9.10 Å². The molecule has 0 spiro atoms. The van der Waals surface area contributed by atoms with E-state index in [0.717, 1.165) is 38.6 Å². The lowest BCUT2D eigenvalue weighted by Gasteiger charge is -2.37. The molecule has 1 aliphatic carbocycles. The van der Waals surface area contributed by atoms with Crippen LogP contribution >= 0.6 is 12.8 Å². The second kappa shape index (κ2) is 31.3. The van der Waals surface area contributed by atoms with E-state index in [9.17, 15) is 28.8 Å². The van der Waals surface area contributed by atoms with Crippen LogP contribution in [0.1, 0.15) is 133 Å². The Morgan fingerprint density at radius 2 is 1.54 bits per heavy atom. The highest BCUT2D eigenvalue weighted by Gasteiger charge is 2.42. The van der Waals surface area contributed by atoms with Gasteiger partial charge in [-0.2, -0.15) is 0 Å². The van der Waals surface area contributed by atoms with Crippen molar-refractivity contribution in [3.63, 3.8) is 0 Å². The molecule has 4 atom stereocenters. The minimum atomic E-state index is -0.912. The van der Waals surface area contributed by atoms with Gasteiger partial charge in [0.2, 0.25) is 23.5 Å². The van der Waals surface area contributed by atoms with Crippen LogP contribution in [0.5, 0.6) is 0 Å². The summed E-state index contributed by atoms with van der Waals surface area (Å²) in [5, 5.41) is 14.3. The molecule has 0 aromatic carbocycles. The topological polar surface area (TPSA) is 169 Å². The number of carbonyl (C=O) groups excluding carboxylic acids is 6. The van der Waals surface area contributed by atoms with E-state index in [-0.39, 0.29) is 35.5 Å². The average molecular weight is 784 g/mol. The summed E-state index contributed by atoms with van der Waals surface area (Å²) in [5.74, 6) is -1.63. The monoisotopic (exact) mass is 784 g/mol. The lowest BCUT2D eigenvalue weighted by molar-refractivity contribution is -0.142. The predicted octanol–water partition coefficient (Wildman–Crippen LogP) is 5.20. The third-order valence-corrected chi connectivity index (χ3v) is 9.57. The maximum atomic E-state index is 14.1. The van der Waals surface area contributed by atoms with Crippen molar-refractivity contribution >= 4 is 48.6 Å². The Labute approximate surface area is 333 Å². The van der Waals surface area contributed by atoms with Gasteiger partial charge >= 0.3 is 6.03 Å². The summed E-state index contributed by atoms with van der Waals surface area (Å²) in [6.07, 6.45) is 11.3. The molecule has 5 N–H and O–H groups in total. The quantitative estimate of drug-likeness (QED) is 0.0478. The Hall–Kier alpha value is -2.97. The average Bonchev–Trinajstić information content (AvgIpc) is 3.65. The molecular formula is C40H77N7O6S. The van der Waals surface area contributed by atoms with Crippen LogP contribution in [0.2, 0.25) is 0 Å². The zero-order chi connectivity index (χ0) is 41.7. The van der Waals surface area contributed by atoms with Crippen LogP contribution < -0.4 is 26.6 Å². The van der Waals surface area contributed by atoms with E-state index in [4.69, 9.17) is 0 Å². The van der Waals surface area contributed by atoms with E-state index in [1.807, 2.05) is 54.7 Å². The Kier molecular flexibility index (Phi) is 30.8. The van der Waals surface area contributed by atoms with Gasteiger partial charge in [0.25, 0.3) is 0 Å². The summed E-state index contributed by atoms with van der Waals surface area (Å²) in [6, 6.07) is -3.27. The number of ketones is 1. The van der Waals surface area contributed by atoms with Crippen molar-refractivity contribution in [3.05, 3.63) is 12.7 Å². The first kappa shape index (κ1) is 53.1. The predicted molar refractivity (Wildman–Crippen MR) is 223 cm³/mol. The first-order chi connectivity index (χ1) is 25.6. The molecule has 4 unspecified atom stereocenters. The van der Waals surface area contributed by atoms with E-state index in [2.05, 4.69) is 59.8 Å². The maximum Gasteiger partial charge on any atom is 0.315 e. The van der Waals surface area contributed by atoms with Gasteiger partial charge in [-0.15, -0.1) is 6.58 Å². The van der Waals surface area contributed by atoms with Gasteiger partial charge in [0, 0.05) is 45.7 Å². The molecule has 5 amide bonds. The number of unbranched alkanes of at least 4 members (excludes halogenated alkanes) is 1. The molecule has 1 saturated heterocycles. The molecule has 2 rings (SSSR count). The zero-order valence-corrected chi connectivity index (χ0v) is 36.2. The fourth-order valence-electron chi connectivity index (χ4n) is 5.94. The Bertz CT molecular complexity index is 1100. The van der Waals surface area contributed by atoms with Crippen molar-refractivity contribution in [2.45, 2.75) is 157 Å². The Balaban J connectivity index is 0. The Morgan fingerprint density at radius 1 is 0.926 bits per heavy atom. The summed E-state index contributed by atoms with van der Waals surface area (Å²) in [7, 11) is 1.89. The molecule has 0 radical (unpaired) electrons. The number of hydrogen-bond acceptors (Lipinski definition) is 9. The third-order valence-electron chi connectivity index (χ3n) is 9.20. The summed E-state index contributed by atoms with van der Waals surface area (Å²) in [6.45, 7) is 23.8. The van der Waals surface area contributed by atoms with E-state index in [1.54, 1.807) is 4.31 Å². The smallest absolute Gasteiger partial charge is 0.315 e. The normalized spacial score (nSPS) is 17.0. The number of Topliss-reactive ketones (excluding diaryl/α,β-unsaturated/α-hetero) is 1. The molecule has 2 fully saturated rings. The number of likely N-dealkylation sites (tertiary alicyclic amines) is 1. The molecule has 13 nitrogen and oxygen atoms in total. The van der Waals surface area contributed by atoms with Gasteiger partial charge in [0.1, 0.15) is 12.1 Å². The SMILES string of the molecule is C=CCNC.CC.CCCC.CCCC(NC(=O)C1CCCN1C(=O)C(NC(=O)NC(CN(S)CCNC(C)=O)C(C)(C)C)C1CCCCC1)C(=O)C=O. The van der Waals surface area contributed by atoms with Crippen molar-refractivity contribution in [3.8, 4) is 0 Å². The number of urea groups is 1. The fourth-order valence-corrected chi connectivity index (χ4v) is 6.20. The van der Waals surface area contributed by atoms with Crippen LogP contribution in [0.3, 0.4) is 0 Å². The molecule has 54 heavy (non-hydrogen) atoms. The second-order valence-corrected chi connectivity index (χ2v) is 15.3. The van der Waals surface area contributed by atoms with Gasteiger partial charge in [-0.1, -0.05) is 113 Å². The molecule has 1 aliphatic heterocycles. The van der Waals surface area contributed by atoms with Crippen LogP contribution in [0.4, 0.5) is 4.79 Å². The highest BCUT2D eigenvalue weighted by molar-refractivity contribution is 7.77. The van der Waals surface area contributed by atoms with Gasteiger partial charge in [-0.05, 0) is 50.5 Å². The maximum absolute atomic E-state index is 14.1. The molecule has 1 heterocycles. The van der Waals surface area contributed by atoms with Crippen molar-refractivity contribution in [2.24, 2.45) is 11.3 Å². The van der Waals surface area contributed by atoms with Crippen LogP contribution in [0.15, 0.2) is 12.7 Å². The van der Waals surface area contributed by atoms with Crippen LogP contribution in [-0.2, 0) is 24.0 Å². The highest BCUT2D eigenvalue weighted by atomic mass is 32.1. The van der Waals surface area contributed by atoms with Gasteiger partial charge in [0.15, 0.2) is 6.29 Å². The number of amides is 5. The van der Waals surface area contributed by atoms with Crippen molar-refractivity contribution in [2.75, 3.05) is 39.8 Å². The van der Waals surface area contributed by atoms with Crippen molar-refractivity contribution in [1.29, 1.82) is 0 Å². The fraction of sp³-hybridized carbons (Fsp3) is 0.800. The summed E-state index contributed by atoms with van der Waals surface area (Å²) in [5.41, 5.74) is -0.331. The Morgan fingerprint density at radius 3 is 2.00 bits per heavy atom. The highest BCUT2D eigenvalue weighted by Crippen LogP contribution is 2.30. The lowest BCUT2D eigenvalue weighted by atomic mass is 9.83. The minimum absolute atomic E-state index is 0.0621. The van der Waals surface area contributed by atoms with E-state index < -0.39 is 35.8 Å². The van der Waals surface area contributed by atoms with Gasteiger partial charge < -0.3 is 31.5 Å². The molecule has 0 bridgehead atoms. The number of thiol groups is 1. The van der Waals surface area contributed by atoms with Gasteiger partial charge in [-0.3, -0.25) is 24.0 Å². The molecule has 0 aromatic heterocycles. The first-order valence-electron chi connectivity index (χ1n) is 20.2. The summed E-state index contributed by atoms with van der Waals surface area (Å²) < 4.78 is 1.74. The molecule has 1 saturated carbocycles. The molecule has 2 aliphatic rings. The van der Waals surface area contributed by atoms with Crippen LogP contribution in [0, 0.1) is 11.3 Å². The van der Waals surface area contributed by atoms with E-state index in [0.29, 0.717) is 51.9 Å². The third kappa shape index (κ3) is 22.4. The van der Waals surface area contributed by atoms with Crippen LogP contribution in [0.25, 0.3) is 0 Å². The number of rotatable bonds is 18.